The molecule has 3 rings (SSSR count). The first-order valence-corrected chi connectivity index (χ1v) is 6.05. The maximum Gasteiger partial charge on any atom is 0.165 e. The van der Waals surface area contributed by atoms with Gasteiger partial charge in [-0.3, -0.25) is 0 Å². The third-order valence-electron chi connectivity index (χ3n) is 3.83. The summed E-state index contributed by atoms with van der Waals surface area (Å²) >= 11 is 0. The van der Waals surface area contributed by atoms with Crippen LogP contribution in [0.3, 0.4) is 0 Å². The van der Waals surface area contributed by atoms with Crippen LogP contribution in [-0.2, 0) is 12.5 Å². The summed E-state index contributed by atoms with van der Waals surface area (Å²) in [7, 11) is 1.93. The molecular weight excluding hydrogens is 214 g/mol. The van der Waals surface area contributed by atoms with Crippen molar-refractivity contribution in [2.75, 3.05) is 5.73 Å². The first-order valence-electron chi connectivity index (χ1n) is 6.05. The third kappa shape index (κ3) is 1.49. The smallest absolute Gasteiger partial charge is 0.165 e. The topological polar surface area (TPSA) is 69.6 Å². The summed E-state index contributed by atoms with van der Waals surface area (Å²) in [5.74, 6) is 1.38. The van der Waals surface area contributed by atoms with Crippen molar-refractivity contribution < 1.29 is 0 Å². The molecule has 1 aliphatic rings. The highest BCUT2D eigenvalue weighted by molar-refractivity contribution is 5.81. The lowest BCUT2D eigenvalue weighted by molar-refractivity contribution is 0.460. The van der Waals surface area contributed by atoms with Crippen LogP contribution in [0.1, 0.15) is 38.4 Å². The predicted octanol–water partition coefficient (Wildman–Crippen LogP) is 1.78. The van der Waals surface area contributed by atoms with Gasteiger partial charge in [0.2, 0.25) is 0 Å². The molecule has 5 nitrogen and oxygen atoms in total. The lowest BCUT2D eigenvalue weighted by Crippen LogP contribution is -2.21. The number of aromatic nitrogens is 4. The van der Waals surface area contributed by atoms with Gasteiger partial charge in [0.15, 0.2) is 11.5 Å². The Balaban J connectivity index is 2.20. The Morgan fingerprint density at radius 1 is 1.29 bits per heavy atom. The van der Waals surface area contributed by atoms with Crippen LogP contribution < -0.4 is 5.73 Å². The molecule has 0 saturated heterocycles. The lowest BCUT2D eigenvalue weighted by Gasteiger charge is -2.21. The summed E-state index contributed by atoms with van der Waals surface area (Å²) in [6, 6.07) is 0. The summed E-state index contributed by atoms with van der Waals surface area (Å²) in [5, 5.41) is 0. The van der Waals surface area contributed by atoms with E-state index in [0.29, 0.717) is 11.3 Å². The molecule has 0 aliphatic heterocycles. The summed E-state index contributed by atoms with van der Waals surface area (Å²) in [5.41, 5.74) is 7.60. The molecule has 90 valence electrons. The van der Waals surface area contributed by atoms with Crippen LogP contribution in [0.15, 0.2) is 6.33 Å². The fraction of sp³-hybridized carbons (Fsp3) is 0.583. The molecule has 0 amide bonds. The first-order chi connectivity index (χ1) is 8.10. The van der Waals surface area contributed by atoms with Crippen LogP contribution >= 0.6 is 0 Å². The molecule has 2 N–H and O–H groups in total. The van der Waals surface area contributed by atoms with Crippen molar-refractivity contribution in [2.24, 2.45) is 7.05 Å². The molecule has 17 heavy (non-hydrogen) atoms. The van der Waals surface area contributed by atoms with E-state index >= 15 is 0 Å². The van der Waals surface area contributed by atoms with Crippen molar-refractivity contribution in [3.8, 4) is 0 Å². The second kappa shape index (κ2) is 3.42. The Labute approximate surface area is 100 Å². The molecule has 5 heteroatoms. The molecule has 0 spiro atoms. The Morgan fingerprint density at radius 2 is 2.00 bits per heavy atom. The molecule has 2 heterocycles. The largest absolute Gasteiger partial charge is 0.382 e. The molecule has 2 aromatic rings. The molecular formula is C12H17N5. The molecule has 2 aromatic heterocycles. The predicted molar refractivity (Wildman–Crippen MR) is 66.5 cm³/mol. The van der Waals surface area contributed by atoms with Crippen LogP contribution in [0.5, 0.6) is 0 Å². The first kappa shape index (κ1) is 10.5. The molecule has 0 atom stereocenters. The van der Waals surface area contributed by atoms with Gasteiger partial charge >= 0.3 is 0 Å². The number of nitrogens with two attached hydrogens (primary N) is 1. The van der Waals surface area contributed by atoms with E-state index in [1.165, 1.54) is 12.8 Å². The molecule has 1 fully saturated rings. The van der Waals surface area contributed by atoms with Gasteiger partial charge < -0.3 is 10.3 Å². The highest BCUT2D eigenvalue weighted by atomic mass is 15.1. The summed E-state index contributed by atoms with van der Waals surface area (Å²) in [6.07, 6.45) is 6.54. The normalized spacial score (nSPS) is 18.9. The van der Waals surface area contributed by atoms with E-state index < -0.39 is 0 Å². The number of imidazole rings is 1. The summed E-state index contributed by atoms with van der Waals surface area (Å²) in [6.45, 7) is 2.23. The summed E-state index contributed by atoms with van der Waals surface area (Å²) in [4.78, 5) is 13.3. The second-order valence-electron chi connectivity index (χ2n) is 5.23. The number of hydrogen-bond donors (Lipinski definition) is 1. The standard InChI is InChI=1S/C12H17N5/c1-12(5-3-4-6-12)11-15-9(13)8-10(16-11)17(2)7-14-8/h7H,3-6H2,1-2H3,(H2,13,15,16). The van der Waals surface area contributed by atoms with E-state index in [0.717, 1.165) is 24.3 Å². The van der Waals surface area contributed by atoms with E-state index in [-0.39, 0.29) is 5.41 Å². The number of anilines is 1. The molecule has 0 bridgehead atoms. The minimum atomic E-state index is 0.0899. The minimum absolute atomic E-state index is 0.0899. The van der Waals surface area contributed by atoms with Gasteiger partial charge in [0.05, 0.1) is 6.33 Å². The SMILES string of the molecule is Cn1cnc2c(N)nc(C3(C)CCCC3)nc21. The van der Waals surface area contributed by atoms with Gasteiger partial charge in [-0.15, -0.1) is 0 Å². The zero-order valence-corrected chi connectivity index (χ0v) is 10.3. The second-order valence-corrected chi connectivity index (χ2v) is 5.23. The van der Waals surface area contributed by atoms with E-state index in [1.807, 2.05) is 11.6 Å². The van der Waals surface area contributed by atoms with Crippen LogP contribution in [0.4, 0.5) is 5.82 Å². The molecule has 1 saturated carbocycles. The zero-order chi connectivity index (χ0) is 12.0. The number of fused-ring (bicyclic) bond motifs is 1. The molecule has 1 aliphatic carbocycles. The fourth-order valence-electron chi connectivity index (χ4n) is 2.68. The van der Waals surface area contributed by atoms with Crippen LogP contribution in [0.2, 0.25) is 0 Å². The number of hydrogen-bond acceptors (Lipinski definition) is 4. The van der Waals surface area contributed by atoms with Crippen molar-refractivity contribution in [3.05, 3.63) is 12.2 Å². The highest BCUT2D eigenvalue weighted by Crippen LogP contribution is 2.39. The van der Waals surface area contributed by atoms with Crippen LogP contribution in [0.25, 0.3) is 11.2 Å². The van der Waals surface area contributed by atoms with Crippen molar-refractivity contribution >= 4 is 17.0 Å². The lowest BCUT2D eigenvalue weighted by atomic mass is 9.88. The van der Waals surface area contributed by atoms with Crippen molar-refractivity contribution in [3.63, 3.8) is 0 Å². The Morgan fingerprint density at radius 3 is 2.71 bits per heavy atom. The van der Waals surface area contributed by atoms with Crippen LogP contribution in [-0.4, -0.2) is 19.5 Å². The minimum Gasteiger partial charge on any atom is -0.382 e. The van der Waals surface area contributed by atoms with Gasteiger partial charge in [-0.2, -0.15) is 0 Å². The number of rotatable bonds is 1. The zero-order valence-electron chi connectivity index (χ0n) is 10.3. The van der Waals surface area contributed by atoms with Gasteiger partial charge in [0, 0.05) is 12.5 Å². The van der Waals surface area contributed by atoms with E-state index in [1.54, 1.807) is 6.33 Å². The fourth-order valence-corrected chi connectivity index (χ4v) is 2.68. The van der Waals surface area contributed by atoms with Crippen molar-refractivity contribution in [1.29, 1.82) is 0 Å². The van der Waals surface area contributed by atoms with Gasteiger partial charge in [0.1, 0.15) is 11.3 Å². The van der Waals surface area contributed by atoms with E-state index in [2.05, 4.69) is 21.9 Å². The number of aryl methyl sites for hydroxylation is 1. The van der Waals surface area contributed by atoms with E-state index in [4.69, 9.17) is 5.73 Å². The Bertz CT molecular complexity index is 566. The highest BCUT2D eigenvalue weighted by Gasteiger charge is 2.34. The number of nitrogen functional groups attached to an aromatic ring is 1. The maximum atomic E-state index is 5.97. The maximum absolute atomic E-state index is 5.97. The average Bonchev–Trinajstić information content (AvgIpc) is 2.88. The van der Waals surface area contributed by atoms with Crippen molar-refractivity contribution in [1.82, 2.24) is 19.5 Å². The number of nitrogens with zero attached hydrogens (tertiary/aromatic N) is 4. The van der Waals surface area contributed by atoms with Crippen molar-refractivity contribution in [2.45, 2.75) is 38.0 Å². The monoisotopic (exact) mass is 231 g/mol. The Hall–Kier alpha value is -1.65. The van der Waals surface area contributed by atoms with Gasteiger partial charge in [-0.1, -0.05) is 19.8 Å². The summed E-state index contributed by atoms with van der Waals surface area (Å²) < 4.78 is 1.90. The quantitative estimate of drug-likeness (QED) is 0.812. The molecule has 0 radical (unpaired) electrons. The van der Waals surface area contributed by atoms with E-state index in [9.17, 15) is 0 Å². The van der Waals surface area contributed by atoms with Gasteiger partial charge in [-0.05, 0) is 12.8 Å². The average molecular weight is 231 g/mol. The third-order valence-corrected chi connectivity index (χ3v) is 3.83. The Kier molecular flexibility index (Phi) is 2.11. The molecule has 0 aromatic carbocycles. The van der Waals surface area contributed by atoms with Gasteiger partial charge in [0.25, 0.3) is 0 Å². The van der Waals surface area contributed by atoms with Crippen LogP contribution in [0, 0.1) is 0 Å². The molecule has 0 unspecified atom stereocenters. The van der Waals surface area contributed by atoms with Gasteiger partial charge in [-0.25, -0.2) is 15.0 Å².